The number of hydrogen-bond acceptors (Lipinski definition) is 5. The highest BCUT2D eigenvalue weighted by atomic mass is 31.2. The van der Waals surface area contributed by atoms with Crippen molar-refractivity contribution in [2.45, 2.75) is 45.1 Å². The van der Waals surface area contributed by atoms with Crippen molar-refractivity contribution in [2.24, 2.45) is 0 Å². The minimum atomic E-state index is -3.69. The number of hydrogen-bond donors (Lipinski definition) is 2. The van der Waals surface area contributed by atoms with E-state index in [1.807, 2.05) is 32.0 Å². The van der Waals surface area contributed by atoms with E-state index in [2.05, 4.69) is 17.6 Å². The molecular weight excluding hydrogens is 492 g/mol. The first-order chi connectivity index (χ1) is 17.6. The van der Waals surface area contributed by atoms with Crippen LogP contribution in [0, 0.1) is 17.4 Å². The number of carboxylic acids is 1. The van der Waals surface area contributed by atoms with E-state index in [1.54, 1.807) is 12.1 Å². The van der Waals surface area contributed by atoms with E-state index in [4.69, 9.17) is 14.6 Å². The monoisotopic (exact) mass is 521 g/mol. The number of aliphatic carboxylic acids is 1. The number of carbonyl (C=O) groups is 1. The molecule has 1 heterocycles. The lowest BCUT2D eigenvalue weighted by Gasteiger charge is -2.26. The summed E-state index contributed by atoms with van der Waals surface area (Å²) in [5.41, 5.74) is 9.68. The molecule has 1 unspecified atom stereocenters. The Morgan fingerprint density at radius 2 is 1.86 bits per heavy atom. The minimum absolute atomic E-state index is 0.0394. The van der Waals surface area contributed by atoms with Gasteiger partial charge in [-0.15, -0.1) is 0 Å². The molecule has 6 nitrogen and oxygen atoms in total. The van der Waals surface area contributed by atoms with Crippen LogP contribution in [-0.2, 0) is 26.7 Å². The number of pyridine rings is 1. The molecule has 2 N–H and O–H groups in total. The van der Waals surface area contributed by atoms with Gasteiger partial charge in [-0.2, -0.15) is 0 Å². The van der Waals surface area contributed by atoms with Gasteiger partial charge in [0.15, 0.2) is 0 Å². The molecule has 2 aromatic carbocycles. The third-order valence-electron chi connectivity index (χ3n) is 6.43. The molecule has 4 rings (SSSR count). The zero-order valence-electron chi connectivity index (χ0n) is 21.0. The number of aliphatic hydroxyl groups excluding tert-OH is 1. The standard InChI is InChI=1S/C29H29FNO5P/c1-18(2)28-25(14-15-37(35,36-3)17-22(32)16-26(33)34)27(20-8-11-21(30)12-9-20)24-13-10-19-6-4-5-7-23(19)29(24)31-28/h4-9,11-12,18,22,32H,10,13,16-17H2,1-3H3,(H,33,34)/t22-,37?/m0/s1. The summed E-state index contributed by atoms with van der Waals surface area (Å²) in [5, 5.41) is 19.0. The summed E-state index contributed by atoms with van der Waals surface area (Å²) < 4.78 is 32.4. The van der Waals surface area contributed by atoms with E-state index in [0.29, 0.717) is 17.7 Å². The molecular formula is C29H29FNO5P. The quantitative estimate of drug-likeness (QED) is 0.299. The highest BCUT2D eigenvalue weighted by Crippen LogP contribution is 2.47. The van der Waals surface area contributed by atoms with Crippen molar-refractivity contribution in [3.05, 3.63) is 76.7 Å². The molecule has 0 aliphatic heterocycles. The lowest BCUT2D eigenvalue weighted by Crippen LogP contribution is -2.17. The maximum absolute atomic E-state index is 13.8. The van der Waals surface area contributed by atoms with Crippen molar-refractivity contribution in [3.8, 4) is 34.0 Å². The maximum atomic E-state index is 13.8. The van der Waals surface area contributed by atoms with E-state index in [9.17, 15) is 18.9 Å². The molecule has 2 atom stereocenters. The van der Waals surface area contributed by atoms with Crippen LogP contribution in [0.1, 0.15) is 48.6 Å². The first-order valence-electron chi connectivity index (χ1n) is 12.1. The highest BCUT2D eigenvalue weighted by Gasteiger charge is 2.28. The number of rotatable bonds is 7. The van der Waals surface area contributed by atoms with Crippen LogP contribution in [0.15, 0.2) is 48.5 Å². The van der Waals surface area contributed by atoms with Crippen LogP contribution >= 0.6 is 7.37 Å². The zero-order chi connectivity index (χ0) is 26.7. The number of fused-ring (bicyclic) bond motifs is 3. The van der Waals surface area contributed by atoms with E-state index >= 15 is 0 Å². The largest absolute Gasteiger partial charge is 0.481 e. The molecule has 0 radical (unpaired) electrons. The Morgan fingerprint density at radius 3 is 2.51 bits per heavy atom. The Labute approximate surface area is 216 Å². The summed E-state index contributed by atoms with van der Waals surface area (Å²) in [6.07, 6.45) is -0.815. The van der Waals surface area contributed by atoms with Gasteiger partial charge in [0.05, 0.1) is 35.6 Å². The number of halogens is 1. The molecule has 192 valence electrons. The normalized spacial score (nSPS) is 14.6. The fraction of sp³-hybridized carbons (Fsp3) is 0.310. The van der Waals surface area contributed by atoms with Gasteiger partial charge in [-0.3, -0.25) is 14.3 Å². The number of aromatic nitrogens is 1. The number of carboxylic acid groups (broad SMARTS) is 1. The topological polar surface area (TPSA) is 96.7 Å². The van der Waals surface area contributed by atoms with Crippen LogP contribution < -0.4 is 0 Å². The summed E-state index contributed by atoms with van der Waals surface area (Å²) in [7, 11) is -2.46. The molecule has 8 heteroatoms. The zero-order valence-corrected chi connectivity index (χ0v) is 21.9. The van der Waals surface area contributed by atoms with E-state index in [1.165, 1.54) is 24.8 Å². The second kappa shape index (κ2) is 11.0. The van der Waals surface area contributed by atoms with Gasteiger partial charge in [-0.1, -0.05) is 56.2 Å². The van der Waals surface area contributed by atoms with Gasteiger partial charge in [0, 0.05) is 18.2 Å². The fourth-order valence-electron chi connectivity index (χ4n) is 4.67. The summed E-state index contributed by atoms with van der Waals surface area (Å²) in [4.78, 5) is 16.0. The number of aliphatic hydroxyl groups is 1. The van der Waals surface area contributed by atoms with Gasteiger partial charge in [-0.25, -0.2) is 4.39 Å². The van der Waals surface area contributed by atoms with Gasteiger partial charge in [-0.05, 0) is 53.2 Å². The van der Waals surface area contributed by atoms with Gasteiger partial charge in [0.25, 0.3) is 7.37 Å². The Balaban J connectivity index is 1.96. The number of benzene rings is 2. The van der Waals surface area contributed by atoms with Crippen LogP contribution in [0.5, 0.6) is 0 Å². The molecule has 0 fully saturated rings. The second-order valence-corrected chi connectivity index (χ2v) is 11.7. The molecule has 0 amide bonds. The van der Waals surface area contributed by atoms with Gasteiger partial charge in [0.2, 0.25) is 0 Å². The Morgan fingerprint density at radius 1 is 1.16 bits per heavy atom. The van der Waals surface area contributed by atoms with Crippen molar-refractivity contribution in [3.63, 3.8) is 0 Å². The fourth-order valence-corrected chi connectivity index (χ4v) is 5.96. The first-order valence-corrected chi connectivity index (χ1v) is 13.9. The lowest BCUT2D eigenvalue weighted by atomic mass is 9.81. The molecule has 0 bridgehead atoms. The van der Waals surface area contributed by atoms with Crippen LogP contribution in [0.3, 0.4) is 0 Å². The van der Waals surface area contributed by atoms with Crippen molar-refractivity contribution in [1.29, 1.82) is 0 Å². The number of nitrogens with zero attached hydrogens (tertiary/aromatic N) is 1. The van der Waals surface area contributed by atoms with Crippen LogP contribution in [0.4, 0.5) is 4.39 Å². The molecule has 1 aliphatic carbocycles. The summed E-state index contributed by atoms with van der Waals surface area (Å²) >= 11 is 0. The average molecular weight is 522 g/mol. The van der Waals surface area contributed by atoms with Gasteiger partial charge in [0.1, 0.15) is 5.82 Å². The van der Waals surface area contributed by atoms with Crippen LogP contribution in [-0.4, -0.2) is 40.5 Å². The van der Waals surface area contributed by atoms with Gasteiger partial charge < -0.3 is 14.7 Å². The molecule has 0 saturated heterocycles. The van der Waals surface area contributed by atoms with Gasteiger partial charge >= 0.3 is 5.97 Å². The van der Waals surface area contributed by atoms with Crippen LogP contribution in [0.2, 0.25) is 0 Å². The van der Waals surface area contributed by atoms with Crippen molar-refractivity contribution < 1.29 is 28.5 Å². The lowest BCUT2D eigenvalue weighted by molar-refractivity contribution is -0.138. The maximum Gasteiger partial charge on any atom is 0.305 e. The molecule has 1 aromatic heterocycles. The van der Waals surface area contributed by atoms with E-state index < -0.39 is 32.0 Å². The van der Waals surface area contributed by atoms with Crippen molar-refractivity contribution in [1.82, 2.24) is 4.98 Å². The molecule has 3 aromatic rings. The Bertz CT molecular complexity index is 1440. The molecule has 0 saturated carbocycles. The average Bonchev–Trinajstić information content (AvgIpc) is 2.86. The smallest absolute Gasteiger partial charge is 0.305 e. The van der Waals surface area contributed by atoms with E-state index in [0.717, 1.165) is 34.4 Å². The first kappa shape index (κ1) is 26.8. The third-order valence-corrected chi connectivity index (χ3v) is 8.37. The summed E-state index contributed by atoms with van der Waals surface area (Å²) in [6, 6.07) is 14.3. The minimum Gasteiger partial charge on any atom is -0.481 e. The predicted octanol–water partition coefficient (Wildman–Crippen LogP) is 5.85. The molecule has 37 heavy (non-hydrogen) atoms. The highest BCUT2D eigenvalue weighted by molar-refractivity contribution is 7.64. The molecule has 1 aliphatic rings. The SMILES string of the molecule is COP(=O)(C#Cc1c(C(C)C)nc2c(c1-c1ccc(F)cc1)CCc1ccccc1-2)C[C@@H](O)CC(=O)O. The van der Waals surface area contributed by atoms with Crippen molar-refractivity contribution >= 4 is 13.3 Å². The predicted molar refractivity (Wildman–Crippen MR) is 141 cm³/mol. The summed E-state index contributed by atoms with van der Waals surface area (Å²) in [5.74, 6) is 1.45. The van der Waals surface area contributed by atoms with E-state index in [-0.39, 0.29) is 11.7 Å². The third kappa shape index (κ3) is 5.83. The van der Waals surface area contributed by atoms with Crippen LogP contribution in [0.25, 0.3) is 22.4 Å². The Kier molecular flexibility index (Phi) is 7.94. The second-order valence-electron chi connectivity index (χ2n) is 9.42. The van der Waals surface area contributed by atoms with Crippen molar-refractivity contribution in [2.75, 3.05) is 13.3 Å². The molecule has 0 spiro atoms. The summed E-state index contributed by atoms with van der Waals surface area (Å²) in [6.45, 7) is 3.99. The number of aryl methyl sites for hydroxylation is 1. The Hall–Kier alpha value is -3.30.